The van der Waals surface area contributed by atoms with E-state index in [0.29, 0.717) is 0 Å². The van der Waals surface area contributed by atoms with Gasteiger partial charge in [0.2, 0.25) is 0 Å². The monoisotopic (exact) mass is 241 g/mol. The van der Waals surface area contributed by atoms with Crippen LogP contribution in [0.15, 0.2) is 12.1 Å². The predicted molar refractivity (Wildman–Crippen MR) is 62.5 cm³/mol. The van der Waals surface area contributed by atoms with E-state index in [9.17, 15) is 9.18 Å². The van der Waals surface area contributed by atoms with Crippen LogP contribution in [0.2, 0.25) is 0 Å². The molecule has 17 heavy (non-hydrogen) atoms. The highest BCUT2D eigenvalue weighted by Crippen LogP contribution is 2.28. The predicted octanol–water partition coefficient (Wildman–Crippen LogP) is 2.37. The maximum absolute atomic E-state index is 13.2. The fraction of sp³-hybridized carbons (Fsp3) is 0.417. The minimum Gasteiger partial charge on any atom is -0.494 e. The van der Waals surface area contributed by atoms with Crippen LogP contribution in [-0.4, -0.2) is 18.7 Å². The van der Waals surface area contributed by atoms with Gasteiger partial charge in [-0.15, -0.1) is 0 Å². The minimum atomic E-state index is -0.673. The van der Waals surface area contributed by atoms with Crippen LogP contribution in [0.3, 0.4) is 0 Å². The van der Waals surface area contributed by atoms with Gasteiger partial charge in [0.1, 0.15) is 17.2 Å². The summed E-state index contributed by atoms with van der Waals surface area (Å²) < 4.78 is 23.2. The van der Waals surface area contributed by atoms with Crippen LogP contribution in [0, 0.1) is 5.82 Å². The van der Waals surface area contributed by atoms with Gasteiger partial charge in [0, 0.05) is 6.07 Å². The first kappa shape index (κ1) is 13.3. The van der Waals surface area contributed by atoms with Crippen LogP contribution < -0.4 is 10.5 Å². The van der Waals surface area contributed by atoms with E-state index in [2.05, 4.69) is 0 Å². The van der Waals surface area contributed by atoms with Crippen LogP contribution in [-0.2, 0) is 4.74 Å². The third-order valence-electron chi connectivity index (χ3n) is 1.95. The highest BCUT2D eigenvalue weighted by molar-refractivity contribution is 5.96. The number of benzene rings is 1. The number of methoxy groups -OCH3 is 1. The van der Waals surface area contributed by atoms with Gasteiger partial charge in [-0.05, 0) is 26.8 Å². The third kappa shape index (κ3) is 3.34. The molecule has 0 aliphatic heterocycles. The summed E-state index contributed by atoms with van der Waals surface area (Å²) in [5, 5.41) is 0. The fourth-order valence-corrected chi connectivity index (χ4v) is 1.26. The van der Waals surface area contributed by atoms with Crippen molar-refractivity contribution in [3.8, 4) is 5.75 Å². The lowest BCUT2D eigenvalue weighted by Gasteiger charge is -2.20. The van der Waals surface area contributed by atoms with Gasteiger partial charge in [-0.25, -0.2) is 9.18 Å². The molecule has 1 rings (SSSR count). The Balaban J connectivity index is 3.14. The Morgan fingerprint density at radius 2 is 1.94 bits per heavy atom. The quantitative estimate of drug-likeness (QED) is 0.637. The molecule has 0 bridgehead atoms. The number of ether oxygens (including phenoxy) is 2. The summed E-state index contributed by atoms with van der Waals surface area (Å²) in [5.41, 5.74) is 5.07. The lowest BCUT2D eigenvalue weighted by molar-refractivity contribution is 0.00700. The molecule has 5 heteroatoms. The number of carbonyl (C=O) groups excluding carboxylic acids is 1. The number of hydrogen-bond acceptors (Lipinski definition) is 4. The molecule has 0 aliphatic rings. The smallest absolute Gasteiger partial charge is 0.341 e. The summed E-state index contributed by atoms with van der Waals surface area (Å²) in [6.45, 7) is 5.16. The first-order valence-electron chi connectivity index (χ1n) is 5.11. The zero-order valence-corrected chi connectivity index (χ0v) is 10.3. The average molecular weight is 241 g/mol. The molecule has 0 amide bonds. The van der Waals surface area contributed by atoms with Crippen molar-refractivity contribution in [1.29, 1.82) is 0 Å². The summed E-state index contributed by atoms with van der Waals surface area (Å²) in [6.07, 6.45) is 0. The van der Waals surface area contributed by atoms with Crippen molar-refractivity contribution in [1.82, 2.24) is 0 Å². The van der Waals surface area contributed by atoms with E-state index < -0.39 is 17.4 Å². The SMILES string of the molecule is COc1cc(F)cc(C(=O)OC(C)(C)C)c1N. The molecule has 0 aromatic heterocycles. The molecule has 0 unspecified atom stereocenters. The van der Waals surface area contributed by atoms with E-state index in [-0.39, 0.29) is 17.0 Å². The van der Waals surface area contributed by atoms with E-state index in [0.717, 1.165) is 12.1 Å². The van der Waals surface area contributed by atoms with Gasteiger partial charge in [-0.1, -0.05) is 0 Å². The number of nitrogens with two attached hydrogens (primary N) is 1. The second kappa shape index (κ2) is 4.61. The van der Waals surface area contributed by atoms with Crippen LogP contribution in [0.25, 0.3) is 0 Å². The summed E-state index contributed by atoms with van der Waals surface area (Å²) >= 11 is 0. The van der Waals surface area contributed by atoms with Crippen molar-refractivity contribution in [3.05, 3.63) is 23.5 Å². The highest BCUT2D eigenvalue weighted by Gasteiger charge is 2.22. The maximum atomic E-state index is 13.2. The van der Waals surface area contributed by atoms with Crippen molar-refractivity contribution in [2.24, 2.45) is 0 Å². The molecule has 94 valence electrons. The molecule has 0 atom stereocenters. The molecule has 0 aliphatic carbocycles. The zero-order valence-electron chi connectivity index (χ0n) is 10.3. The van der Waals surface area contributed by atoms with Gasteiger partial charge < -0.3 is 15.2 Å². The Bertz CT molecular complexity index is 438. The van der Waals surface area contributed by atoms with Crippen LogP contribution >= 0.6 is 0 Å². The molecular formula is C12H16FNO3. The standard InChI is InChI=1S/C12H16FNO3/c1-12(2,3)17-11(15)8-5-7(13)6-9(16-4)10(8)14/h5-6H,14H2,1-4H3. The van der Waals surface area contributed by atoms with Crippen LogP contribution in [0.4, 0.5) is 10.1 Å². The second-order valence-corrected chi connectivity index (χ2v) is 4.57. The van der Waals surface area contributed by atoms with Crippen molar-refractivity contribution in [2.45, 2.75) is 26.4 Å². The molecule has 4 nitrogen and oxygen atoms in total. The second-order valence-electron chi connectivity index (χ2n) is 4.57. The number of rotatable bonds is 2. The molecular weight excluding hydrogens is 225 g/mol. The topological polar surface area (TPSA) is 61.5 Å². The normalized spacial score (nSPS) is 11.1. The van der Waals surface area contributed by atoms with E-state index in [1.807, 2.05) is 0 Å². The van der Waals surface area contributed by atoms with E-state index in [4.69, 9.17) is 15.2 Å². The van der Waals surface area contributed by atoms with E-state index in [1.54, 1.807) is 20.8 Å². The molecule has 0 radical (unpaired) electrons. The molecule has 0 spiro atoms. The van der Waals surface area contributed by atoms with Gasteiger partial charge >= 0.3 is 5.97 Å². The average Bonchev–Trinajstić information content (AvgIpc) is 2.18. The highest BCUT2D eigenvalue weighted by atomic mass is 19.1. The Morgan fingerprint density at radius 1 is 1.35 bits per heavy atom. The molecule has 0 saturated heterocycles. The number of hydrogen-bond donors (Lipinski definition) is 1. The Hall–Kier alpha value is -1.78. The summed E-state index contributed by atoms with van der Waals surface area (Å²) in [4.78, 5) is 11.8. The lowest BCUT2D eigenvalue weighted by atomic mass is 10.1. The summed E-state index contributed by atoms with van der Waals surface area (Å²) in [6, 6.07) is 2.15. The Morgan fingerprint density at radius 3 is 2.41 bits per heavy atom. The number of nitrogen functional groups attached to an aromatic ring is 1. The third-order valence-corrected chi connectivity index (χ3v) is 1.95. The Kier molecular flexibility index (Phi) is 3.60. The molecule has 0 saturated carbocycles. The largest absolute Gasteiger partial charge is 0.494 e. The Labute approximate surface area is 99.5 Å². The van der Waals surface area contributed by atoms with Crippen molar-refractivity contribution < 1.29 is 18.7 Å². The number of halogens is 1. The maximum Gasteiger partial charge on any atom is 0.341 e. The van der Waals surface area contributed by atoms with Gasteiger partial charge in [-0.3, -0.25) is 0 Å². The summed E-state index contributed by atoms with van der Waals surface area (Å²) in [7, 11) is 1.35. The minimum absolute atomic E-state index is 0.0308. The zero-order chi connectivity index (χ0) is 13.2. The van der Waals surface area contributed by atoms with Gasteiger partial charge in [0.15, 0.2) is 0 Å². The first-order chi connectivity index (χ1) is 7.74. The van der Waals surface area contributed by atoms with Gasteiger partial charge in [0.25, 0.3) is 0 Å². The van der Waals surface area contributed by atoms with Gasteiger partial charge in [-0.2, -0.15) is 0 Å². The van der Waals surface area contributed by atoms with Crippen molar-refractivity contribution in [3.63, 3.8) is 0 Å². The fourth-order valence-electron chi connectivity index (χ4n) is 1.26. The van der Waals surface area contributed by atoms with E-state index in [1.165, 1.54) is 7.11 Å². The number of carbonyl (C=O) groups is 1. The van der Waals surface area contributed by atoms with E-state index >= 15 is 0 Å². The van der Waals surface area contributed by atoms with Crippen LogP contribution in [0.5, 0.6) is 5.75 Å². The summed E-state index contributed by atoms with van der Waals surface area (Å²) in [5.74, 6) is -1.16. The van der Waals surface area contributed by atoms with Crippen LogP contribution in [0.1, 0.15) is 31.1 Å². The molecule has 0 heterocycles. The first-order valence-corrected chi connectivity index (χ1v) is 5.11. The number of esters is 1. The van der Waals surface area contributed by atoms with Gasteiger partial charge in [0.05, 0.1) is 18.4 Å². The molecule has 1 aromatic rings. The molecule has 2 N–H and O–H groups in total. The lowest BCUT2D eigenvalue weighted by Crippen LogP contribution is -2.24. The van der Waals surface area contributed by atoms with Crippen molar-refractivity contribution >= 4 is 11.7 Å². The number of anilines is 1. The molecule has 0 fully saturated rings. The van der Waals surface area contributed by atoms with Crippen molar-refractivity contribution in [2.75, 3.05) is 12.8 Å². The molecule has 1 aromatic carbocycles.